The van der Waals surface area contributed by atoms with Crippen LogP contribution in [0.1, 0.15) is 0 Å². The maximum absolute atomic E-state index is 2.27. The molecule has 1 aromatic heterocycles. The Morgan fingerprint density at radius 2 is 1.17 bits per heavy atom. The Morgan fingerprint density at radius 1 is 0.556 bits per heavy atom. The zero-order valence-electron chi connectivity index (χ0n) is 9.93. The van der Waals surface area contributed by atoms with Gasteiger partial charge in [-0.3, -0.25) is 0 Å². The van der Waals surface area contributed by atoms with Crippen LogP contribution < -0.4 is 0 Å². The fourth-order valence-electron chi connectivity index (χ4n) is 2.63. The van der Waals surface area contributed by atoms with Crippen LogP contribution in [0.2, 0.25) is 0 Å². The molecule has 0 saturated carbocycles. The zero-order chi connectivity index (χ0) is 11.9. The van der Waals surface area contributed by atoms with Crippen molar-refractivity contribution < 1.29 is 0 Å². The Bertz CT molecular complexity index is 734. The molecule has 0 nitrogen and oxygen atoms in total. The van der Waals surface area contributed by atoms with Gasteiger partial charge in [-0.25, -0.2) is 0 Å². The van der Waals surface area contributed by atoms with Crippen molar-refractivity contribution in [3.63, 3.8) is 0 Å². The first-order valence-corrected chi connectivity index (χ1v) is 6.21. The van der Waals surface area contributed by atoms with Gasteiger partial charge in [0.1, 0.15) is 0 Å². The molecule has 0 radical (unpaired) electrons. The van der Waals surface area contributed by atoms with Crippen LogP contribution in [0.3, 0.4) is 0 Å². The first kappa shape index (κ1) is 9.84. The molecule has 0 saturated heterocycles. The third-order valence-corrected chi connectivity index (χ3v) is 3.57. The summed E-state index contributed by atoms with van der Waals surface area (Å²) in [7, 11) is 0. The van der Waals surface area contributed by atoms with Crippen LogP contribution in [0, 0.1) is 0 Å². The van der Waals surface area contributed by atoms with Crippen LogP contribution in [-0.4, -0.2) is 6.91 Å². The third-order valence-electron chi connectivity index (χ3n) is 3.57. The van der Waals surface area contributed by atoms with Crippen molar-refractivity contribution in [2.45, 2.75) is 0 Å². The van der Waals surface area contributed by atoms with Gasteiger partial charge in [-0.05, 0) is 0 Å². The van der Waals surface area contributed by atoms with Crippen LogP contribution in [0.4, 0.5) is 0 Å². The summed E-state index contributed by atoms with van der Waals surface area (Å²) in [6, 6.07) is 21.9. The van der Waals surface area contributed by atoms with Crippen LogP contribution in [0.25, 0.3) is 32.2 Å². The predicted molar refractivity (Wildman–Crippen MR) is 80.3 cm³/mol. The molecule has 4 aromatic rings. The molecule has 4 rings (SSSR count). The minimum absolute atomic E-state index is 1.31. The van der Waals surface area contributed by atoms with E-state index in [0.717, 1.165) is 0 Å². The Kier molecular flexibility index (Phi) is 2.01. The molecule has 1 heterocycles. The number of benzene rings is 3. The van der Waals surface area contributed by atoms with E-state index in [1.54, 1.807) is 0 Å². The summed E-state index contributed by atoms with van der Waals surface area (Å²) in [6.45, 7) is 2.17. The normalized spacial score (nSPS) is 11.1. The summed E-state index contributed by atoms with van der Waals surface area (Å²) in [6.07, 6.45) is 0. The van der Waals surface area contributed by atoms with Crippen molar-refractivity contribution >= 4 is 39.1 Å². The van der Waals surface area contributed by atoms with Gasteiger partial charge in [-0.1, -0.05) is 0 Å². The van der Waals surface area contributed by atoms with Gasteiger partial charge >= 0.3 is 106 Å². The summed E-state index contributed by atoms with van der Waals surface area (Å²) in [4.78, 5) is 0. The van der Waals surface area contributed by atoms with E-state index < -0.39 is 0 Å². The van der Waals surface area contributed by atoms with Gasteiger partial charge in [0.05, 0.1) is 0 Å². The Labute approximate surface area is 106 Å². The molecule has 82 valence electrons. The molecule has 3 aromatic carbocycles. The predicted octanol–water partition coefficient (Wildman–Crippen LogP) is 4.48. The average molecular weight is 226 g/mol. The van der Waals surface area contributed by atoms with Gasteiger partial charge in [0.2, 0.25) is 0 Å². The first-order valence-electron chi connectivity index (χ1n) is 6.21. The molecule has 0 unspecified atom stereocenters. The number of hydrogen-bond acceptors (Lipinski definition) is 0. The van der Waals surface area contributed by atoms with Crippen LogP contribution >= 0.6 is 0 Å². The van der Waals surface area contributed by atoms with E-state index in [9.17, 15) is 0 Å². The number of rotatable bonds is 0. The van der Waals surface area contributed by atoms with Crippen molar-refractivity contribution in [2.24, 2.45) is 0 Å². The molecule has 0 aliphatic rings. The maximum atomic E-state index is 2.27. The topological polar surface area (TPSA) is 0 Å². The molecular weight excluding hydrogens is 215 g/mol. The average Bonchev–Trinajstić information content (AvgIpc) is 2.42. The molecule has 0 N–H and O–H groups in total. The summed E-state index contributed by atoms with van der Waals surface area (Å²) < 4.78 is 0. The molecule has 0 fully saturated rings. The third kappa shape index (κ3) is 1.44. The van der Waals surface area contributed by atoms with Crippen molar-refractivity contribution in [1.82, 2.24) is 0 Å². The van der Waals surface area contributed by atoms with Crippen LogP contribution in [0.15, 0.2) is 66.6 Å². The van der Waals surface area contributed by atoms with Gasteiger partial charge in [-0.15, -0.1) is 0 Å². The summed E-state index contributed by atoms with van der Waals surface area (Å²) in [5, 5.41) is 7.85. The quantitative estimate of drug-likeness (QED) is 0.387. The van der Waals surface area contributed by atoms with E-state index in [1.807, 2.05) is 0 Å². The molecule has 0 aliphatic heterocycles. The molecule has 0 aliphatic carbocycles. The minimum atomic E-state index is 1.31. The van der Waals surface area contributed by atoms with Gasteiger partial charge in [0, 0.05) is 0 Å². The second-order valence-corrected chi connectivity index (χ2v) is 4.75. The molecule has 1 heteroatoms. The van der Waals surface area contributed by atoms with Gasteiger partial charge in [0.25, 0.3) is 0 Å². The van der Waals surface area contributed by atoms with Gasteiger partial charge in [-0.2, -0.15) is 0 Å². The summed E-state index contributed by atoms with van der Waals surface area (Å²) >= 11 is 0. The van der Waals surface area contributed by atoms with Crippen molar-refractivity contribution in [2.75, 3.05) is 0 Å². The number of hydrogen-bond donors (Lipinski definition) is 0. The van der Waals surface area contributed by atoms with Crippen LogP contribution in [-0.2, 0) is 0 Å². The van der Waals surface area contributed by atoms with Crippen molar-refractivity contribution in [3.8, 4) is 0 Å². The SMILES string of the molecule is b1cccc2cc3cc4ccccc4cc3cc12. The summed E-state index contributed by atoms with van der Waals surface area (Å²) in [5.74, 6) is 2.09. The van der Waals surface area contributed by atoms with E-state index in [4.69, 9.17) is 0 Å². The van der Waals surface area contributed by atoms with Crippen molar-refractivity contribution in [1.29, 1.82) is 0 Å². The van der Waals surface area contributed by atoms with E-state index in [1.165, 1.54) is 32.2 Å². The molecule has 0 bridgehead atoms. The molecule has 18 heavy (non-hydrogen) atoms. The molecule has 0 atom stereocenters. The van der Waals surface area contributed by atoms with Crippen LogP contribution in [0.5, 0.6) is 0 Å². The fourth-order valence-corrected chi connectivity index (χ4v) is 2.63. The Balaban J connectivity index is 2.20. The summed E-state index contributed by atoms with van der Waals surface area (Å²) in [5.41, 5.74) is 0. The van der Waals surface area contributed by atoms with Gasteiger partial charge in [0.15, 0.2) is 0 Å². The Hall–Kier alpha value is -2.15. The van der Waals surface area contributed by atoms with Crippen molar-refractivity contribution in [3.05, 3.63) is 66.6 Å². The van der Waals surface area contributed by atoms with E-state index >= 15 is 0 Å². The second-order valence-electron chi connectivity index (χ2n) is 4.75. The van der Waals surface area contributed by atoms with E-state index in [-0.39, 0.29) is 0 Å². The second kappa shape index (κ2) is 3.68. The number of fused-ring (bicyclic) bond motifs is 3. The monoisotopic (exact) mass is 226 g/mol. The molecular formula is C17H11B. The zero-order valence-corrected chi connectivity index (χ0v) is 9.93. The van der Waals surface area contributed by atoms with E-state index in [2.05, 4.69) is 73.5 Å². The first-order chi connectivity index (χ1) is 8.90. The van der Waals surface area contributed by atoms with Gasteiger partial charge < -0.3 is 0 Å². The van der Waals surface area contributed by atoms with E-state index in [0.29, 0.717) is 0 Å². The Morgan fingerprint density at radius 3 is 1.94 bits per heavy atom. The molecule has 0 spiro atoms. The fraction of sp³-hybridized carbons (Fsp3) is 0. The molecule has 0 amide bonds. The standard InChI is InChI=1S/C17H11B/c1-2-5-13-9-16-11-17-14(6-3-7-18-17)10-15(16)8-12(13)4-1/h1-11H.